The van der Waals surface area contributed by atoms with Crippen LogP contribution >= 0.6 is 11.8 Å². The van der Waals surface area contributed by atoms with Gasteiger partial charge in [0.1, 0.15) is 6.04 Å². The molecule has 0 saturated heterocycles. The lowest BCUT2D eigenvalue weighted by atomic mass is 9.91. The Hall–Kier alpha value is -3.14. The number of aliphatic carboxylic acids is 1. The van der Waals surface area contributed by atoms with Crippen LogP contribution in [0.15, 0.2) is 71.6 Å². The van der Waals surface area contributed by atoms with Crippen molar-refractivity contribution in [3.8, 4) is 11.1 Å². The van der Waals surface area contributed by atoms with Gasteiger partial charge in [0.2, 0.25) is 0 Å². The van der Waals surface area contributed by atoms with Gasteiger partial charge in [-0.2, -0.15) is 11.8 Å². The zero-order valence-electron chi connectivity index (χ0n) is 24.0. The minimum Gasteiger partial charge on any atom is -0.480 e. The van der Waals surface area contributed by atoms with Crippen LogP contribution in [0.25, 0.3) is 11.1 Å². The number of hydrogen-bond acceptors (Lipinski definition) is 6. The number of carbonyl (C=O) groups excluding carboxylic acids is 1. The Balaban J connectivity index is 1.76. The number of hydrogen-bond donors (Lipinski definition) is 3. The number of unbranched alkanes of at least 4 members (excludes halogenated alkanes) is 1. The highest BCUT2D eigenvalue weighted by Gasteiger charge is 2.23. The number of nitrogens with one attached hydrogen (secondary N) is 2. The van der Waals surface area contributed by atoms with E-state index in [2.05, 4.69) is 10.6 Å². The van der Waals surface area contributed by atoms with E-state index < -0.39 is 27.8 Å². The van der Waals surface area contributed by atoms with Crippen LogP contribution in [0, 0.1) is 6.92 Å². The van der Waals surface area contributed by atoms with E-state index in [0.717, 1.165) is 34.2 Å². The van der Waals surface area contributed by atoms with Gasteiger partial charge in [0.25, 0.3) is 5.91 Å². The molecule has 0 aliphatic carbocycles. The highest BCUT2D eigenvalue weighted by molar-refractivity contribution is 7.98. The first-order valence-corrected chi connectivity index (χ1v) is 17.0. The van der Waals surface area contributed by atoms with Gasteiger partial charge in [0, 0.05) is 12.1 Å². The maximum Gasteiger partial charge on any atom is 0.326 e. The molecule has 0 aromatic heterocycles. The molecule has 3 rings (SSSR count). The summed E-state index contributed by atoms with van der Waals surface area (Å²) in [5.41, 5.74) is 5.12. The Morgan fingerprint density at radius 1 is 1.00 bits per heavy atom. The number of carboxylic acids is 1. The van der Waals surface area contributed by atoms with Gasteiger partial charge in [-0.3, -0.25) is 4.79 Å². The number of rotatable bonds is 16. The predicted molar refractivity (Wildman–Crippen MR) is 167 cm³/mol. The van der Waals surface area contributed by atoms with E-state index in [9.17, 15) is 23.1 Å². The van der Waals surface area contributed by atoms with E-state index in [4.69, 9.17) is 0 Å². The van der Waals surface area contributed by atoms with Crippen molar-refractivity contribution in [2.75, 3.05) is 24.3 Å². The van der Waals surface area contributed by atoms with Gasteiger partial charge < -0.3 is 15.7 Å². The summed E-state index contributed by atoms with van der Waals surface area (Å²) in [6.45, 7) is 5.12. The molecule has 0 unspecified atom stereocenters. The normalized spacial score (nSPS) is 12.2. The maximum atomic E-state index is 13.4. The van der Waals surface area contributed by atoms with Crippen LogP contribution in [-0.4, -0.2) is 55.7 Å². The molecule has 0 aliphatic rings. The summed E-state index contributed by atoms with van der Waals surface area (Å²) in [5.74, 6) is -0.662. The number of carboxylic acid groups (broad SMARTS) is 1. The van der Waals surface area contributed by atoms with Crippen LogP contribution in [0.5, 0.6) is 0 Å². The van der Waals surface area contributed by atoms with Crippen molar-refractivity contribution in [2.45, 2.75) is 57.0 Å². The molecule has 0 heterocycles. The van der Waals surface area contributed by atoms with E-state index in [1.807, 2.05) is 68.6 Å². The van der Waals surface area contributed by atoms with Crippen molar-refractivity contribution in [2.24, 2.45) is 0 Å². The first-order chi connectivity index (χ1) is 19.7. The molecule has 220 valence electrons. The number of thioether (sulfide) groups is 1. The molecular weight excluding hydrogens is 556 g/mol. The molecule has 7 nitrogen and oxygen atoms in total. The molecular formula is C32H40N2O5S2. The highest BCUT2D eigenvalue weighted by Crippen LogP contribution is 2.31. The van der Waals surface area contributed by atoms with Crippen LogP contribution in [0.3, 0.4) is 0 Å². The predicted octanol–water partition coefficient (Wildman–Crippen LogP) is 5.50. The molecule has 1 atom stereocenters. The third-order valence-corrected chi connectivity index (χ3v) is 9.44. The van der Waals surface area contributed by atoms with Gasteiger partial charge in [-0.05, 0) is 90.8 Å². The smallest absolute Gasteiger partial charge is 0.326 e. The summed E-state index contributed by atoms with van der Waals surface area (Å²) in [6, 6.07) is 19.5. The van der Waals surface area contributed by atoms with E-state index in [1.54, 1.807) is 18.2 Å². The molecule has 9 heteroatoms. The Labute approximate surface area is 248 Å². The van der Waals surface area contributed by atoms with Gasteiger partial charge in [0.05, 0.1) is 10.6 Å². The van der Waals surface area contributed by atoms with Crippen molar-refractivity contribution in [3.63, 3.8) is 0 Å². The standard InChI is InChI=1S/C32H40N2O5S2/c1-4-5-21-41(38,39)26-15-13-24(14-16-26)17-19-33-22-25-10-8-12-28(30(25)27-11-7-6-9-23(27)2)31(35)34-29(32(36)37)18-20-40-3/h6-16,29,33H,4-5,17-22H2,1-3H3,(H,34,35)(H,36,37)/t29-/m0/s1. The van der Waals surface area contributed by atoms with Gasteiger partial charge in [-0.25, -0.2) is 13.2 Å². The van der Waals surface area contributed by atoms with Crippen LogP contribution in [0.2, 0.25) is 0 Å². The summed E-state index contributed by atoms with van der Waals surface area (Å²) in [4.78, 5) is 25.6. The number of carbonyl (C=O) groups is 2. The third-order valence-electron chi connectivity index (χ3n) is 6.98. The second kappa shape index (κ2) is 15.7. The van der Waals surface area contributed by atoms with Gasteiger partial charge in [-0.1, -0.05) is 61.9 Å². The first kappa shape index (κ1) is 32.4. The lowest BCUT2D eigenvalue weighted by Crippen LogP contribution is -2.41. The van der Waals surface area contributed by atoms with E-state index in [1.165, 1.54) is 11.8 Å². The van der Waals surface area contributed by atoms with Gasteiger partial charge in [0.15, 0.2) is 9.84 Å². The Kier molecular flexibility index (Phi) is 12.4. The van der Waals surface area contributed by atoms with E-state index in [-0.39, 0.29) is 5.75 Å². The van der Waals surface area contributed by atoms with Gasteiger partial charge >= 0.3 is 5.97 Å². The van der Waals surface area contributed by atoms with Crippen molar-refractivity contribution < 1.29 is 23.1 Å². The molecule has 0 radical (unpaired) electrons. The molecule has 0 saturated carbocycles. The van der Waals surface area contributed by atoms with Crippen LogP contribution in [0.1, 0.15) is 53.2 Å². The molecule has 0 spiro atoms. The summed E-state index contributed by atoms with van der Waals surface area (Å²) >= 11 is 1.54. The van der Waals surface area contributed by atoms with Crippen molar-refractivity contribution in [1.82, 2.24) is 10.6 Å². The topological polar surface area (TPSA) is 113 Å². The average molecular weight is 597 g/mol. The largest absolute Gasteiger partial charge is 0.480 e. The minimum atomic E-state index is -3.25. The Morgan fingerprint density at radius 2 is 1.73 bits per heavy atom. The van der Waals surface area contributed by atoms with E-state index in [0.29, 0.717) is 48.6 Å². The fourth-order valence-electron chi connectivity index (χ4n) is 4.61. The molecule has 0 aliphatic heterocycles. The van der Waals surface area contributed by atoms with Crippen LogP contribution in [0.4, 0.5) is 0 Å². The van der Waals surface area contributed by atoms with Gasteiger partial charge in [-0.15, -0.1) is 0 Å². The Morgan fingerprint density at radius 3 is 2.39 bits per heavy atom. The lowest BCUT2D eigenvalue weighted by molar-refractivity contribution is -0.139. The fraction of sp³-hybridized carbons (Fsp3) is 0.375. The minimum absolute atomic E-state index is 0.166. The molecule has 41 heavy (non-hydrogen) atoms. The molecule has 3 aromatic carbocycles. The zero-order chi connectivity index (χ0) is 29.8. The second-order valence-electron chi connectivity index (χ2n) is 10.0. The summed E-state index contributed by atoms with van der Waals surface area (Å²) in [6.07, 6.45) is 4.45. The number of amides is 1. The summed E-state index contributed by atoms with van der Waals surface area (Å²) in [7, 11) is -3.25. The fourth-order valence-corrected chi connectivity index (χ4v) is 6.54. The number of sulfone groups is 1. The number of benzene rings is 3. The third kappa shape index (κ3) is 9.18. The van der Waals surface area contributed by atoms with Crippen molar-refractivity contribution in [3.05, 3.63) is 89.0 Å². The van der Waals surface area contributed by atoms with Crippen LogP contribution < -0.4 is 10.6 Å². The zero-order valence-corrected chi connectivity index (χ0v) is 25.6. The van der Waals surface area contributed by atoms with Crippen LogP contribution in [-0.2, 0) is 27.6 Å². The molecule has 3 aromatic rings. The SMILES string of the molecule is CCCCS(=O)(=O)c1ccc(CCNCc2cccc(C(=O)N[C@@H](CCSC)C(=O)O)c2-c2ccccc2C)cc1. The molecule has 0 bridgehead atoms. The highest BCUT2D eigenvalue weighted by atomic mass is 32.2. The van der Waals surface area contributed by atoms with Crippen molar-refractivity contribution >= 4 is 33.5 Å². The molecule has 1 amide bonds. The monoisotopic (exact) mass is 596 g/mol. The summed E-state index contributed by atoms with van der Waals surface area (Å²) < 4.78 is 24.9. The maximum absolute atomic E-state index is 13.4. The lowest BCUT2D eigenvalue weighted by Gasteiger charge is -2.19. The van der Waals surface area contributed by atoms with E-state index >= 15 is 0 Å². The first-order valence-electron chi connectivity index (χ1n) is 13.9. The quantitative estimate of drug-likeness (QED) is 0.187. The average Bonchev–Trinajstić information content (AvgIpc) is 2.96. The molecule has 0 fully saturated rings. The Bertz CT molecular complexity index is 1420. The second-order valence-corrected chi connectivity index (χ2v) is 13.1. The number of aryl methyl sites for hydroxylation is 1. The van der Waals surface area contributed by atoms with Crippen molar-refractivity contribution in [1.29, 1.82) is 0 Å². The summed E-state index contributed by atoms with van der Waals surface area (Å²) in [5, 5.41) is 15.8. The molecule has 3 N–H and O–H groups in total.